The molecule has 0 bridgehead atoms. The van der Waals surface area contributed by atoms with Crippen molar-refractivity contribution in [3.05, 3.63) is 101 Å². The number of ether oxygens (including phenoxy) is 2. The number of nitrogens with zero attached hydrogens (tertiary/aromatic N) is 2. The van der Waals surface area contributed by atoms with Crippen LogP contribution in [-0.2, 0) is 20.9 Å². The van der Waals surface area contributed by atoms with Gasteiger partial charge in [0, 0.05) is 11.6 Å². The molecule has 1 aliphatic heterocycles. The summed E-state index contributed by atoms with van der Waals surface area (Å²) in [5, 5.41) is 11.0. The fourth-order valence-electron chi connectivity index (χ4n) is 3.13. The predicted octanol–water partition coefficient (Wildman–Crippen LogP) is 4.54. The molecular formula is C26H21N3O4S. The number of methoxy groups -OCH3 is 1. The zero-order valence-electron chi connectivity index (χ0n) is 18.3. The first-order chi connectivity index (χ1) is 16.6. The molecule has 3 aromatic rings. The average Bonchev–Trinajstić information content (AvgIpc) is 3.22. The van der Waals surface area contributed by atoms with Crippen LogP contribution >= 0.6 is 11.8 Å². The summed E-state index contributed by atoms with van der Waals surface area (Å²) in [6.07, 6.45) is 2.74. The van der Waals surface area contributed by atoms with Crippen molar-refractivity contribution in [2.75, 3.05) is 7.11 Å². The molecule has 1 aliphatic rings. The molecule has 34 heavy (non-hydrogen) atoms. The number of nitrogens with one attached hydrogen (secondary N) is 1. The number of amidine groups is 1. The first kappa shape index (κ1) is 23.0. The highest BCUT2D eigenvalue weighted by molar-refractivity contribution is 8.18. The van der Waals surface area contributed by atoms with Gasteiger partial charge in [-0.3, -0.25) is 10.1 Å². The molecule has 0 aromatic heterocycles. The summed E-state index contributed by atoms with van der Waals surface area (Å²) >= 11 is 1.02. The van der Waals surface area contributed by atoms with Crippen LogP contribution in [0.5, 0.6) is 5.75 Å². The summed E-state index contributed by atoms with van der Waals surface area (Å²) in [7, 11) is 1.25. The molecule has 0 aliphatic carbocycles. The number of benzene rings is 3. The van der Waals surface area contributed by atoms with Gasteiger partial charge in [-0.05, 0) is 40.6 Å². The Kier molecular flexibility index (Phi) is 7.52. The van der Waals surface area contributed by atoms with Gasteiger partial charge >= 0.3 is 5.97 Å². The first-order valence-electron chi connectivity index (χ1n) is 10.4. The molecular weight excluding hydrogens is 450 g/mol. The van der Waals surface area contributed by atoms with Gasteiger partial charge in [0.05, 0.1) is 18.2 Å². The van der Waals surface area contributed by atoms with Gasteiger partial charge in [0.25, 0.3) is 5.91 Å². The van der Waals surface area contributed by atoms with Crippen LogP contribution in [-0.4, -0.2) is 30.4 Å². The van der Waals surface area contributed by atoms with Crippen molar-refractivity contribution in [1.29, 1.82) is 0 Å². The number of esters is 1. The highest BCUT2D eigenvalue weighted by atomic mass is 32.2. The molecule has 170 valence electrons. The van der Waals surface area contributed by atoms with Crippen molar-refractivity contribution in [2.45, 2.75) is 6.61 Å². The monoisotopic (exact) mass is 471 g/mol. The van der Waals surface area contributed by atoms with Crippen LogP contribution in [0.15, 0.2) is 100 Å². The van der Waals surface area contributed by atoms with E-state index in [2.05, 4.69) is 20.3 Å². The molecule has 1 N–H and O–H groups in total. The number of hydrogen-bond donors (Lipinski definition) is 1. The summed E-state index contributed by atoms with van der Waals surface area (Å²) in [6.45, 7) is 0.509. The molecule has 0 unspecified atom stereocenters. The van der Waals surface area contributed by atoms with E-state index in [4.69, 9.17) is 4.74 Å². The molecule has 8 heteroatoms. The van der Waals surface area contributed by atoms with Crippen LogP contribution in [0.1, 0.15) is 11.1 Å². The number of carbonyl (C=O) groups excluding carboxylic acids is 2. The second-order valence-electron chi connectivity index (χ2n) is 7.12. The Bertz CT molecular complexity index is 1270. The molecule has 4 rings (SSSR count). The lowest BCUT2D eigenvalue weighted by Crippen LogP contribution is -2.19. The van der Waals surface area contributed by atoms with E-state index in [1.165, 1.54) is 7.11 Å². The standard InChI is InChI=1S/C26H21N3O4S/c1-32-24(30)15-23-25(31)28-26(34-23)29-27-16-20-9-5-6-10-22(20)19-11-13-21(14-12-19)33-17-18-7-3-2-4-8-18/h2-16H,17H2,1H3,(H,28,29,31)/b23-15+,27-16?. The fourth-order valence-corrected chi connectivity index (χ4v) is 3.87. The third kappa shape index (κ3) is 5.99. The summed E-state index contributed by atoms with van der Waals surface area (Å²) in [4.78, 5) is 23.5. The Morgan fingerprint density at radius 2 is 1.74 bits per heavy atom. The lowest BCUT2D eigenvalue weighted by atomic mass is 10.0. The van der Waals surface area contributed by atoms with Gasteiger partial charge in [-0.1, -0.05) is 66.7 Å². The van der Waals surface area contributed by atoms with Gasteiger partial charge in [-0.2, -0.15) is 5.10 Å². The quantitative estimate of drug-likeness (QED) is 0.236. The molecule has 1 saturated heterocycles. The summed E-state index contributed by atoms with van der Waals surface area (Å²) in [6, 6.07) is 25.7. The molecule has 3 aromatic carbocycles. The number of rotatable bonds is 7. The SMILES string of the molecule is COC(=O)/C=C1/S/C(=N\N=Cc2ccccc2-c2ccc(OCc3ccccc3)cc2)NC1=O. The predicted molar refractivity (Wildman–Crippen MR) is 134 cm³/mol. The van der Waals surface area contributed by atoms with Crippen molar-refractivity contribution >= 4 is 35.0 Å². The maximum absolute atomic E-state index is 11.9. The summed E-state index contributed by atoms with van der Waals surface area (Å²) < 4.78 is 10.4. The van der Waals surface area contributed by atoms with E-state index in [0.29, 0.717) is 6.61 Å². The fraction of sp³-hybridized carbons (Fsp3) is 0.0769. The second kappa shape index (κ2) is 11.1. The zero-order valence-corrected chi connectivity index (χ0v) is 19.1. The van der Waals surface area contributed by atoms with Crippen molar-refractivity contribution in [2.24, 2.45) is 10.2 Å². The van der Waals surface area contributed by atoms with Crippen LogP contribution in [0.4, 0.5) is 0 Å². The summed E-state index contributed by atoms with van der Waals surface area (Å²) in [5.41, 5.74) is 3.97. The van der Waals surface area contributed by atoms with Crippen molar-refractivity contribution in [3.63, 3.8) is 0 Å². The normalized spacial score (nSPS) is 15.6. The highest BCUT2D eigenvalue weighted by Gasteiger charge is 2.25. The van der Waals surface area contributed by atoms with E-state index >= 15 is 0 Å². The Hall–Kier alpha value is -4.17. The van der Waals surface area contributed by atoms with Crippen LogP contribution in [0.3, 0.4) is 0 Å². The molecule has 1 heterocycles. The number of hydrogen-bond acceptors (Lipinski definition) is 7. The molecule has 7 nitrogen and oxygen atoms in total. The first-order valence-corrected chi connectivity index (χ1v) is 11.2. The Morgan fingerprint density at radius 1 is 1.00 bits per heavy atom. The van der Waals surface area contributed by atoms with E-state index in [1.54, 1.807) is 6.21 Å². The molecule has 0 saturated carbocycles. The van der Waals surface area contributed by atoms with E-state index in [0.717, 1.165) is 45.8 Å². The smallest absolute Gasteiger partial charge is 0.331 e. The highest BCUT2D eigenvalue weighted by Crippen LogP contribution is 2.26. The molecule has 1 amide bonds. The third-order valence-corrected chi connectivity index (χ3v) is 5.72. The largest absolute Gasteiger partial charge is 0.489 e. The van der Waals surface area contributed by atoms with Gasteiger partial charge in [-0.15, -0.1) is 5.10 Å². The minimum absolute atomic E-state index is 0.204. The molecule has 1 fully saturated rings. The zero-order chi connectivity index (χ0) is 23.8. The van der Waals surface area contributed by atoms with Crippen LogP contribution < -0.4 is 10.1 Å². The number of carbonyl (C=O) groups is 2. The lowest BCUT2D eigenvalue weighted by Gasteiger charge is -2.09. The average molecular weight is 472 g/mol. The van der Waals surface area contributed by atoms with Gasteiger partial charge in [0.2, 0.25) is 0 Å². The Morgan fingerprint density at radius 3 is 2.50 bits per heavy atom. The maximum Gasteiger partial charge on any atom is 0.331 e. The minimum Gasteiger partial charge on any atom is -0.489 e. The van der Waals surface area contributed by atoms with Gasteiger partial charge < -0.3 is 9.47 Å². The number of thioether (sulfide) groups is 1. The summed E-state index contributed by atoms with van der Waals surface area (Å²) in [5.74, 6) is -0.234. The van der Waals surface area contributed by atoms with Crippen LogP contribution in [0.2, 0.25) is 0 Å². The van der Waals surface area contributed by atoms with Gasteiger partial charge in [-0.25, -0.2) is 4.79 Å². The van der Waals surface area contributed by atoms with Crippen molar-refractivity contribution in [3.8, 4) is 16.9 Å². The van der Waals surface area contributed by atoms with Crippen molar-refractivity contribution in [1.82, 2.24) is 5.32 Å². The van der Waals surface area contributed by atoms with Gasteiger partial charge in [0.15, 0.2) is 5.17 Å². The lowest BCUT2D eigenvalue weighted by molar-refractivity contribution is -0.135. The van der Waals surface area contributed by atoms with Gasteiger partial charge in [0.1, 0.15) is 12.4 Å². The number of amides is 1. The molecule has 0 atom stereocenters. The van der Waals surface area contributed by atoms with E-state index in [-0.39, 0.29) is 10.1 Å². The topological polar surface area (TPSA) is 89.3 Å². The van der Waals surface area contributed by atoms with E-state index in [9.17, 15) is 9.59 Å². The van der Waals surface area contributed by atoms with Crippen LogP contribution in [0.25, 0.3) is 11.1 Å². The van der Waals surface area contributed by atoms with Crippen molar-refractivity contribution < 1.29 is 19.1 Å². The molecule has 0 radical (unpaired) electrons. The molecule has 0 spiro atoms. The Balaban J connectivity index is 1.44. The van der Waals surface area contributed by atoms with E-state index < -0.39 is 11.9 Å². The Labute approximate surface area is 201 Å². The van der Waals surface area contributed by atoms with E-state index in [1.807, 2.05) is 78.9 Å². The third-order valence-electron chi connectivity index (χ3n) is 4.82. The van der Waals surface area contributed by atoms with Crippen LogP contribution in [0, 0.1) is 0 Å². The maximum atomic E-state index is 11.9. The minimum atomic E-state index is -0.604. The second-order valence-corrected chi connectivity index (χ2v) is 8.15.